The lowest BCUT2D eigenvalue weighted by molar-refractivity contribution is -0.0725. The number of ether oxygens (including phenoxy) is 1. The standard InChI is InChI=1S/C12H17NO2/c1-12(2,13(3)4)15-11(14)10-8-6-5-7-9-10/h5-9H,1-4H3. The van der Waals surface area contributed by atoms with E-state index in [0.29, 0.717) is 5.56 Å². The van der Waals surface area contributed by atoms with Gasteiger partial charge in [0.1, 0.15) is 0 Å². The van der Waals surface area contributed by atoms with Crippen LogP contribution in [-0.2, 0) is 4.74 Å². The first kappa shape index (κ1) is 11.7. The number of hydrogen-bond donors (Lipinski definition) is 0. The predicted molar refractivity (Wildman–Crippen MR) is 59.6 cm³/mol. The molecule has 0 aromatic heterocycles. The summed E-state index contributed by atoms with van der Waals surface area (Å²) in [4.78, 5) is 13.6. The second-order valence-electron chi connectivity index (χ2n) is 4.10. The monoisotopic (exact) mass is 207 g/mol. The molecular formula is C12H17NO2. The van der Waals surface area contributed by atoms with Gasteiger partial charge in [-0.25, -0.2) is 4.79 Å². The fourth-order valence-electron chi connectivity index (χ4n) is 0.951. The average molecular weight is 207 g/mol. The minimum absolute atomic E-state index is 0.297. The van der Waals surface area contributed by atoms with Gasteiger partial charge in [-0.3, -0.25) is 4.90 Å². The van der Waals surface area contributed by atoms with Crippen LogP contribution in [0.15, 0.2) is 30.3 Å². The molecular weight excluding hydrogens is 190 g/mol. The van der Waals surface area contributed by atoms with E-state index >= 15 is 0 Å². The van der Waals surface area contributed by atoms with E-state index in [2.05, 4.69) is 0 Å². The van der Waals surface area contributed by atoms with E-state index in [-0.39, 0.29) is 5.97 Å². The fourth-order valence-corrected chi connectivity index (χ4v) is 0.951. The Bertz CT molecular complexity index is 331. The molecule has 0 fully saturated rings. The third-order valence-corrected chi connectivity index (χ3v) is 2.43. The van der Waals surface area contributed by atoms with Gasteiger partial charge in [-0.1, -0.05) is 18.2 Å². The van der Waals surface area contributed by atoms with Gasteiger partial charge in [-0.2, -0.15) is 0 Å². The highest BCUT2D eigenvalue weighted by molar-refractivity contribution is 5.89. The summed E-state index contributed by atoms with van der Waals surface area (Å²) in [5, 5.41) is 0. The Labute approximate surface area is 90.7 Å². The number of esters is 1. The molecule has 82 valence electrons. The Morgan fingerprint density at radius 2 is 1.73 bits per heavy atom. The van der Waals surface area contributed by atoms with Crippen molar-refractivity contribution in [1.82, 2.24) is 4.90 Å². The third kappa shape index (κ3) is 3.06. The maximum absolute atomic E-state index is 11.7. The highest BCUT2D eigenvalue weighted by Crippen LogP contribution is 2.14. The van der Waals surface area contributed by atoms with E-state index in [0.717, 1.165) is 0 Å². The minimum atomic E-state index is -0.590. The topological polar surface area (TPSA) is 29.5 Å². The van der Waals surface area contributed by atoms with Crippen molar-refractivity contribution in [2.45, 2.75) is 19.6 Å². The SMILES string of the molecule is CN(C)C(C)(C)OC(=O)c1ccccc1. The Hall–Kier alpha value is -1.35. The summed E-state index contributed by atoms with van der Waals surface area (Å²) in [6.07, 6.45) is 0. The number of nitrogens with zero attached hydrogens (tertiary/aromatic N) is 1. The zero-order chi connectivity index (χ0) is 11.5. The molecule has 0 saturated carbocycles. The molecule has 0 unspecified atom stereocenters. The van der Waals surface area contributed by atoms with Crippen molar-refractivity contribution in [3.05, 3.63) is 35.9 Å². The predicted octanol–water partition coefficient (Wildman–Crippen LogP) is 2.14. The summed E-state index contributed by atoms with van der Waals surface area (Å²) in [6.45, 7) is 3.71. The van der Waals surface area contributed by atoms with Crippen molar-refractivity contribution in [2.75, 3.05) is 14.1 Å². The summed E-state index contributed by atoms with van der Waals surface area (Å²) < 4.78 is 5.37. The van der Waals surface area contributed by atoms with Crippen molar-refractivity contribution < 1.29 is 9.53 Å². The zero-order valence-electron chi connectivity index (χ0n) is 9.65. The van der Waals surface area contributed by atoms with Crippen LogP contribution >= 0.6 is 0 Å². The number of carbonyl (C=O) groups excluding carboxylic acids is 1. The summed E-state index contributed by atoms with van der Waals surface area (Å²) in [5.74, 6) is -0.297. The van der Waals surface area contributed by atoms with E-state index in [1.54, 1.807) is 12.1 Å². The summed E-state index contributed by atoms with van der Waals surface area (Å²) in [5.41, 5.74) is -0.0140. The molecule has 15 heavy (non-hydrogen) atoms. The summed E-state index contributed by atoms with van der Waals surface area (Å²) >= 11 is 0. The van der Waals surface area contributed by atoms with E-state index in [1.807, 2.05) is 51.0 Å². The fraction of sp³-hybridized carbons (Fsp3) is 0.417. The molecule has 0 spiro atoms. The molecule has 3 heteroatoms. The molecule has 0 saturated heterocycles. The largest absolute Gasteiger partial charge is 0.441 e. The zero-order valence-corrected chi connectivity index (χ0v) is 9.65. The number of carbonyl (C=O) groups is 1. The molecule has 0 aliphatic heterocycles. The van der Waals surface area contributed by atoms with Gasteiger partial charge < -0.3 is 4.74 Å². The van der Waals surface area contributed by atoms with Crippen molar-refractivity contribution >= 4 is 5.97 Å². The van der Waals surface area contributed by atoms with Crippen LogP contribution in [0.25, 0.3) is 0 Å². The lowest BCUT2D eigenvalue weighted by atomic mass is 10.2. The van der Waals surface area contributed by atoms with Crippen LogP contribution in [0.2, 0.25) is 0 Å². The van der Waals surface area contributed by atoms with Gasteiger partial charge in [0.25, 0.3) is 0 Å². The molecule has 0 heterocycles. The highest BCUT2D eigenvalue weighted by atomic mass is 16.6. The van der Waals surface area contributed by atoms with E-state index in [4.69, 9.17) is 4.74 Å². The van der Waals surface area contributed by atoms with Crippen molar-refractivity contribution in [3.8, 4) is 0 Å². The Kier molecular flexibility index (Phi) is 3.48. The van der Waals surface area contributed by atoms with E-state index in [1.165, 1.54) is 0 Å². The van der Waals surface area contributed by atoms with Crippen LogP contribution in [0, 0.1) is 0 Å². The maximum Gasteiger partial charge on any atom is 0.339 e. The molecule has 0 aliphatic rings. The molecule has 0 radical (unpaired) electrons. The lowest BCUT2D eigenvalue weighted by Gasteiger charge is -2.31. The van der Waals surface area contributed by atoms with Gasteiger partial charge >= 0.3 is 5.97 Å². The van der Waals surface area contributed by atoms with E-state index < -0.39 is 5.72 Å². The Morgan fingerprint density at radius 1 is 1.20 bits per heavy atom. The Morgan fingerprint density at radius 3 is 2.20 bits per heavy atom. The van der Waals surface area contributed by atoms with Crippen LogP contribution < -0.4 is 0 Å². The number of hydrogen-bond acceptors (Lipinski definition) is 3. The van der Waals surface area contributed by atoms with Crippen LogP contribution in [0.5, 0.6) is 0 Å². The number of rotatable bonds is 3. The molecule has 0 aliphatic carbocycles. The van der Waals surface area contributed by atoms with Crippen molar-refractivity contribution in [1.29, 1.82) is 0 Å². The van der Waals surface area contributed by atoms with Crippen molar-refractivity contribution in [2.24, 2.45) is 0 Å². The van der Waals surface area contributed by atoms with Gasteiger partial charge in [0.2, 0.25) is 0 Å². The second-order valence-corrected chi connectivity index (χ2v) is 4.10. The average Bonchev–Trinajstić information content (AvgIpc) is 2.18. The van der Waals surface area contributed by atoms with Gasteiger partial charge in [0.15, 0.2) is 5.72 Å². The second kappa shape index (κ2) is 4.45. The highest BCUT2D eigenvalue weighted by Gasteiger charge is 2.25. The lowest BCUT2D eigenvalue weighted by Crippen LogP contribution is -2.42. The normalized spacial score (nSPS) is 11.5. The number of benzene rings is 1. The van der Waals surface area contributed by atoms with Crippen molar-refractivity contribution in [3.63, 3.8) is 0 Å². The smallest absolute Gasteiger partial charge is 0.339 e. The quantitative estimate of drug-likeness (QED) is 0.562. The van der Waals surface area contributed by atoms with Gasteiger partial charge in [0.05, 0.1) is 5.56 Å². The molecule has 1 aromatic carbocycles. The maximum atomic E-state index is 11.7. The van der Waals surface area contributed by atoms with Crippen LogP contribution in [0.3, 0.4) is 0 Å². The van der Waals surface area contributed by atoms with Crippen LogP contribution in [0.1, 0.15) is 24.2 Å². The first-order valence-electron chi connectivity index (χ1n) is 4.89. The third-order valence-electron chi connectivity index (χ3n) is 2.43. The summed E-state index contributed by atoms with van der Waals surface area (Å²) in [6, 6.07) is 8.99. The molecule has 0 atom stereocenters. The van der Waals surface area contributed by atoms with Gasteiger partial charge in [-0.15, -0.1) is 0 Å². The first-order chi connectivity index (χ1) is 6.93. The molecule has 1 rings (SSSR count). The molecule has 1 aromatic rings. The molecule has 0 amide bonds. The van der Waals surface area contributed by atoms with Gasteiger partial charge in [-0.05, 0) is 40.1 Å². The van der Waals surface area contributed by atoms with Gasteiger partial charge in [0, 0.05) is 0 Å². The Balaban J connectivity index is 2.73. The first-order valence-corrected chi connectivity index (χ1v) is 4.89. The molecule has 3 nitrogen and oxygen atoms in total. The van der Waals surface area contributed by atoms with Crippen LogP contribution in [0.4, 0.5) is 0 Å². The molecule has 0 bridgehead atoms. The molecule has 0 N–H and O–H groups in total. The van der Waals surface area contributed by atoms with Crippen LogP contribution in [-0.4, -0.2) is 30.7 Å². The summed E-state index contributed by atoms with van der Waals surface area (Å²) in [7, 11) is 3.75. The minimum Gasteiger partial charge on any atom is -0.441 e. The van der Waals surface area contributed by atoms with E-state index in [9.17, 15) is 4.79 Å².